The van der Waals surface area contributed by atoms with Crippen molar-refractivity contribution in [2.45, 2.75) is 26.4 Å². The van der Waals surface area contributed by atoms with Gasteiger partial charge in [-0.05, 0) is 44.5 Å². The van der Waals surface area contributed by atoms with Crippen LogP contribution in [0.3, 0.4) is 0 Å². The molecule has 1 aromatic carbocycles. The molecule has 0 aliphatic rings. The number of hydrogen-bond donors (Lipinski definition) is 1. The zero-order chi connectivity index (χ0) is 15.6. The molecule has 0 amide bonds. The summed E-state index contributed by atoms with van der Waals surface area (Å²) in [6.07, 6.45) is 0. The third kappa shape index (κ3) is 3.76. The van der Waals surface area contributed by atoms with Gasteiger partial charge in [0, 0.05) is 4.88 Å². The Labute approximate surface area is 128 Å². The van der Waals surface area contributed by atoms with Gasteiger partial charge in [0.05, 0.1) is 12.8 Å². The van der Waals surface area contributed by atoms with E-state index in [2.05, 4.69) is 0 Å². The number of esters is 1. The maximum Gasteiger partial charge on any atom is 0.350 e. The average Bonchev–Trinajstić information content (AvgIpc) is 2.79. The molecule has 0 atom stereocenters. The van der Waals surface area contributed by atoms with E-state index >= 15 is 0 Å². The highest BCUT2D eigenvalue weighted by Gasteiger charge is 2.22. The standard InChI is InChI=1S/C16H19NO3S/c1-16(2,3)20-15(18)14-12(17)9-13(21-14)10-6-5-7-11(8-10)19-4/h5-9H,17H2,1-4H3. The Morgan fingerprint density at radius 1 is 1.24 bits per heavy atom. The largest absolute Gasteiger partial charge is 0.497 e. The molecular formula is C16H19NO3S. The zero-order valence-corrected chi connectivity index (χ0v) is 13.4. The molecule has 0 aliphatic heterocycles. The van der Waals surface area contributed by atoms with Crippen molar-refractivity contribution >= 4 is 23.0 Å². The van der Waals surface area contributed by atoms with Crippen LogP contribution in [0.5, 0.6) is 5.75 Å². The van der Waals surface area contributed by atoms with Gasteiger partial charge in [0.15, 0.2) is 0 Å². The van der Waals surface area contributed by atoms with Crippen LogP contribution in [0.4, 0.5) is 5.69 Å². The number of rotatable bonds is 3. The highest BCUT2D eigenvalue weighted by atomic mass is 32.1. The number of nitrogens with two attached hydrogens (primary N) is 1. The summed E-state index contributed by atoms with van der Waals surface area (Å²) in [4.78, 5) is 13.5. The fourth-order valence-electron chi connectivity index (χ4n) is 1.81. The first-order valence-electron chi connectivity index (χ1n) is 6.57. The fourth-order valence-corrected chi connectivity index (χ4v) is 2.76. The lowest BCUT2D eigenvalue weighted by Crippen LogP contribution is -2.23. The Balaban J connectivity index is 2.32. The van der Waals surface area contributed by atoms with E-state index in [-0.39, 0.29) is 5.97 Å². The van der Waals surface area contributed by atoms with Gasteiger partial charge in [0.25, 0.3) is 0 Å². The summed E-state index contributed by atoms with van der Waals surface area (Å²) in [5, 5.41) is 0. The van der Waals surface area contributed by atoms with Gasteiger partial charge in [0.2, 0.25) is 0 Å². The minimum atomic E-state index is -0.538. The van der Waals surface area contributed by atoms with Gasteiger partial charge in [-0.1, -0.05) is 12.1 Å². The van der Waals surface area contributed by atoms with Crippen molar-refractivity contribution in [2.24, 2.45) is 0 Å². The molecule has 2 aromatic rings. The van der Waals surface area contributed by atoms with Gasteiger partial charge in [-0.15, -0.1) is 11.3 Å². The van der Waals surface area contributed by atoms with Crippen molar-refractivity contribution in [3.05, 3.63) is 35.2 Å². The Morgan fingerprint density at radius 2 is 1.95 bits per heavy atom. The maximum atomic E-state index is 12.1. The second kappa shape index (κ2) is 5.77. The highest BCUT2D eigenvalue weighted by Crippen LogP contribution is 2.35. The number of carbonyl (C=O) groups excluding carboxylic acids is 1. The van der Waals surface area contributed by atoms with Crippen LogP contribution in [-0.2, 0) is 4.74 Å². The first-order valence-corrected chi connectivity index (χ1v) is 7.39. The molecular weight excluding hydrogens is 286 g/mol. The molecule has 0 spiro atoms. The molecule has 2 N–H and O–H groups in total. The second-order valence-electron chi connectivity index (χ2n) is 5.63. The molecule has 0 fully saturated rings. The van der Waals surface area contributed by atoms with Crippen LogP contribution >= 0.6 is 11.3 Å². The van der Waals surface area contributed by atoms with Crippen LogP contribution in [0, 0.1) is 0 Å². The topological polar surface area (TPSA) is 61.5 Å². The summed E-state index contributed by atoms with van der Waals surface area (Å²) in [5.74, 6) is 0.373. The minimum absolute atomic E-state index is 0.390. The van der Waals surface area contributed by atoms with Crippen LogP contribution in [0.2, 0.25) is 0 Å². The van der Waals surface area contributed by atoms with Crippen molar-refractivity contribution in [2.75, 3.05) is 12.8 Å². The first kappa shape index (κ1) is 15.4. The monoisotopic (exact) mass is 305 g/mol. The number of nitrogen functional groups attached to an aromatic ring is 1. The molecule has 2 rings (SSSR count). The van der Waals surface area contributed by atoms with Crippen molar-refractivity contribution in [1.29, 1.82) is 0 Å². The third-order valence-corrected chi connectivity index (χ3v) is 3.88. The molecule has 4 nitrogen and oxygen atoms in total. The van der Waals surface area contributed by atoms with Gasteiger partial charge < -0.3 is 15.2 Å². The number of ether oxygens (including phenoxy) is 2. The molecule has 0 saturated carbocycles. The van der Waals surface area contributed by atoms with Gasteiger partial charge in [-0.25, -0.2) is 4.79 Å². The number of thiophene rings is 1. The average molecular weight is 305 g/mol. The second-order valence-corrected chi connectivity index (χ2v) is 6.68. The molecule has 0 saturated heterocycles. The zero-order valence-electron chi connectivity index (χ0n) is 12.6. The van der Waals surface area contributed by atoms with E-state index in [1.54, 1.807) is 13.2 Å². The molecule has 112 valence electrons. The SMILES string of the molecule is COc1cccc(-c2cc(N)c(C(=O)OC(C)(C)C)s2)c1. The Bertz CT molecular complexity index is 656. The van der Waals surface area contributed by atoms with Crippen LogP contribution in [0.15, 0.2) is 30.3 Å². The number of carbonyl (C=O) groups is 1. The van der Waals surface area contributed by atoms with E-state index in [9.17, 15) is 4.79 Å². The molecule has 0 unspecified atom stereocenters. The van der Waals surface area contributed by atoms with Crippen molar-refractivity contribution in [1.82, 2.24) is 0 Å². The third-order valence-electron chi connectivity index (χ3n) is 2.70. The Hall–Kier alpha value is -2.01. The Kier molecular flexibility index (Phi) is 4.23. The lowest BCUT2D eigenvalue weighted by molar-refractivity contribution is 0.00764. The Morgan fingerprint density at radius 3 is 2.57 bits per heavy atom. The summed E-state index contributed by atoms with van der Waals surface area (Å²) < 4.78 is 10.6. The van der Waals surface area contributed by atoms with Crippen molar-refractivity contribution < 1.29 is 14.3 Å². The van der Waals surface area contributed by atoms with Gasteiger partial charge >= 0.3 is 5.97 Å². The number of methoxy groups -OCH3 is 1. The van der Waals surface area contributed by atoms with Gasteiger partial charge in [-0.2, -0.15) is 0 Å². The minimum Gasteiger partial charge on any atom is -0.497 e. The summed E-state index contributed by atoms with van der Waals surface area (Å²) in [6, 6.07) is 9.42. The maximum absolute atomic E-state index is 12.1. The van der Waals surface area contributed by atoms with Crippen LogP contribution in [-0.4, -0.2) is 18.7 Å². The number of hydrogen-bond acceptors (Lipinski definition) is 5. The predicted molar refractivity (Wildman–Crippen MR) is 85.9 cm³/mol. The number of benzene rings is 1. The lowest BCUT2D eigenvalue weighted by Gasteiger charge is -2.18. The highest BCUT2D eigenvalue weighted by molar-refractivity contribution is 7.18. The summed E-state index contributed by atoms with van der Waals surface area (Å²) in [5.41, 5.74) is 6.81. The first-order chi connectivity index (χ1) is 9.80. The van der Waals surface area contributed by atoms with Crippen LogP contribution in [0.25, 0.3) is 10.4 Å². The summed E-state index contributed by atoms with van der Waals surface area (Å²) >= 11 is 1.33. The molecule has 0 radical (unpaired) electrons. The van der Waals surface area contributed by atoms with E-state index in [1.807, 2.05) is 45.0 Å². The van der Waals surface area contributed by atoms with E-state index < -0.39 is 5.60 Å². The van der Waals surface area contributed by atoms with Crippen molar-refractivity contribution in [3.8, 4) is 16.2 Å². The summed E-state index contributed by atoms with van der Waals surface area (Å²) in [6.45, 7) is 5.49. The number of anilines is 1. The molecule has 0 bridgehead atoms. The molecule has 1 heterocycles. The van der Waals surface area contributed by atoms with E-state index in [0.29, 0.717) is 10.6 Å². The van der Waals surface area contributed by atoms with Gasteiger partial charge in [-0.3, -0.25) is 0 Å². The molecule has 5 heteroatoms. The molecule has 21 heavy (non-hydrogen) atoms. The van der Waals surface area contributed by atoms with Gasteiger partial charge in [0.1, 0.15) is 16.2 Å². The smallest absolute Gasteiger partial charge is 0.350 e. The molecule has 1 aromatic heterocycles. The van der Waals surface area contributed by atoms with Crippen LogP contribution < -0.4 is 10.5 Å². The lowest BCUT2D eigenvalue weighted by atomic mass is 10.1. The quantitative estimate of drug-likeness (QED) is 0.872. The normalized spacial score (nSPS) is 11.2. The van der Waals surface area contributed by atoms with Crippen molar-refractivity contribution in [3.63, 3.8) is 0 Å². The van der Waals surface area contributed by atoms with Crippen LogP contribution in [0.1, 0.15) is 30.4 Å². The van der Waals surface area contributed by atoms with E-state index in [0.717, 1.165) is 16.2 Å². The predicted octanol–water partition coefficient (Wildman–Crippen LogP) is 3.96. The van der Waals surface area contributed by atoms with E-state index in [4.69, 9.17) is 15.2 Å². The molecule has 0 aliphatic carbocycles. The summed E-state index contributed by atoms with van der Waals surface area (Å²) in [7, 11) is 1.62. The fraction of sp³-hybridized carbons (Fsp3) is 0.312. The van der Waals surface area contributed by atoms with E-state index in [1.165, 1.54) is 11.3 Å².